The summed E-state index contributed by atoms with van der Waals surface area (Å²) in [6.07, 6.45) is 0.924. The fourth-order valence-corrected chi connectivity index (χ4v) is 4.56. The highest BCUT2D eigenvalue weighted by Gasteiger charge is 2.26. The minimum atomic E-state index is -0.387. The van der Waals surface area contributed by atoms with Crippen LogP contribution in [0.1, 0.15) is 39.2 Å². The Hall–Kier alpha value is -3.49. The molecule has 1 aliphatic heterocycles. The van der Waals surface area contributed by atoms with Gasteiger partial charge in [-0.2, -0.15) is 0 Å². The molecule has 0 radical (unpaired) electrons. The number of pyridine rings is 1. The molecule has 0 spiro atoms. The highest BCUT2D eigenvalue weighted by atomic mass is 19.1. The van der Waals surface area contributed by atoms with Crippen molar-refractivity contribution in [3.63, 3.8) is 0 Å². The van der Waals surface area contributed by atoms with E-state index in [-0.39, 0.29) is 17.6 Å². The second-order valence-electron chi connectivity index (χ2n) is 8.77. The average molecular weight is 468 g/mol. The van der Waals surface area contributed by atoms with Crippen LogP contribution in [-0.2, 0) is 18.3 Å². The Morgan fingerprint density at radius 1 is 1.09 bits per heavy atom. The number of aryl methyl sites for hydroxylation is 4. The van der Waals surface area contributed by atoms with Crippen molar-refractivity contribution in [2.75, 3.05) is 33.3 Å². The van der Waals surface area contributed by atoms with Crippen molar-refractivity contribution in [3.8, 4) is 5.88 Å². The van der Waals surface area contributed by atoms with Gasteiger partial charge in [0.15, 0.2) is 5.65 Å². The summed E-state index contributed by atoms with van der Waals surface area (Å²) in [6, 6.07) is 4.53. The predicted octanol–water partition coefficient (Wildman–Crippen LogP) is 2.96. The summed E-state index contributed by atoms with van der Waals surface area (Å²) in [4.78, 5) is 33.8. The number of ether oxygens (including phenoxy) is 1. The first kappa shape index (κ1) is 23.7. The lowest BCUT2D eigenvalue weighted by molar-refractivity contribution is -0.132. The molecule has 0 aliphatic carbocycles. The number of carbonyl (C=O) groups is 2. The maximum Gasteiger partial charge on any atom is 0.254 e. The van der Waals surface area contributed by atoms with Gasteiger partial charge in [-0.15, -0.1) is 5.10 Å². The number of aromatic nitrogens is 3. The largest absolute Gasteiger partial charge is 0.479 e. The molecule has 8 nitrogen and oxygen atoms in total. The highest BCUT2D eigenvalue weighted by molar-refractivity contribution is 5.94. The third kappa shape index (κ3) is 4.34. The van der Waals surface area contributed by atoms with Gasteiger partial charge in [0.1, 0.15) is 5.82 Å². The van der Waals surface area contributed by atoms with Gasteiger partial charge in [-0.1, -0.05) is 6.07 Å². The lowest BCUT2D eigenvalue weighted by atomic mass is 10.00. The number of halogens is 1. The molecule has 4 rings (SSSR count). The van der Waals surface area contributed by atoms with Crippen LogP contribution in [0.5, 0.6) is 5.88 Å². The second kappa shape index (κ2) is 9.40. The van der Waals surface area contributed by atoms with E-state index < -0.39 is 0 Å². The van der Waals surface area contributed by atoms with Crippen LogP contribution in [0.4, 0.5) is 4.39 Å². The van der Waals surface area contributed by atoms with Gasteiger partial charge in [-0.3, -0.25) is 9.59 Å². The van der Waals surface area contributed by atoms with Gasteiger partial charge >= 0.3 is 0 Å². The van der Waals surface area contributed by atoms with Crippen LogP contribution < -0.4 is 4.74 Å². The SMILES string of the molecule is COc1nn(C)c2nc(C)c(CCC(=O)N3CCN(C(=O)c4ccc(C)c(F)c4)CC3)c(C)c12. The number of carbonyl (C=O) groups excluding carboxylic acids is 2. The van der Waals surface area contributed by atoms with E-state index >= 15 is 0 Å². The molecule has 3 aromatic rings. The Bertz CT molecular complexity index is 1260. The molecule has 0 N–H and O–H groups in total. The molecule has 0 atom stereocenters. The van der Waals surface area contributed by atoms with Crippen LogP contribution in [-0.4, -0.2) is 69.7 Å². The maximum atomic E-state index is 13.8. The molecule has 1 aliphatic rings. The Morgan fingerprint density at radius 2 is 1.76 bits per heavy atom. The highest BCUT2D eigenvalue weighted by Crippen LogP contribution is 2.30. The minimum Gasteiger partial charge on any atom is -0.479 e. The fourth-order valence-electron chi connectivity index (χ4n) is 4.56. The molecule has 34 heavy (non-hydrogen) atoms. The van der Waals surface area contributed by atoms with E-state index in [1.54, 1.807) is 40.6 Å². The van der Waals surface area contributed by atoms with Crippen molar-refractivity contribution in [2.45, 2.75) is 33.6 Å². The van der Waals surface area contributed by atoms with Crippen LogP contribution in [0.3, 0.4) is 0 Å². The number of rotatable bonds is 5. The van der Waals surface area contributed by atoms with Gasteiger partial charge in [0.05, 0.1) is 12.5 Å². The molecule has 2 amide bonds. The van der Waals surface area contributed by atoms with E-state index in [9.17, 15) is 14.0 Å². The predicted molar refractivity (Wildman–Crippen MR) is 126 cm³/mol. The first-order valence-electron chi connectivity index (χ1n) is 11.4. The standard InChI is InChI=1S/C25H30FN5O3/c1-15-6-7-18(14-20(15)26)25(33)31-12-10-30(11-13-31)21(32)9-8-19-16(2)22-23(27-17(19)3)29(4)28-24(22)34-5/h6-7,14H,8-13H2,1-5H3. The molecule has 0 unspecified atom stereocenters. The topological polar surface area (TPSA) is 80.6 Å². The number of piperazine rings is 1. The van der Waals surface area contributed by atoms with Crippen molar-refractivity contribution in [1.82, 2.24) is 24.6 Å². The van der Waals surface area contributed by atoms with Crippen molar-refractivity contribution in [1.29, 1.82) is 0 Å². The zero-order chi connectivity index (χ0) is 24.6. The molecule has 9 heteroatoms. The molecule has 0 bridgehead atoms. The molecular weight excluding hydrogens is 437 g/mol. The number of benzene rings is 1. The lowest BCUT2D eigenvalue weighted by Crippen LogP contribution is -2.50. The van der Waals surface area contributed by atoms with E-state index in [1.807, 2.05) is 20.9 Å². The fraction of sp³-hybridized carbons (Fsp3) is 0.440. The van der Waals surface area contributed by atoms with Crippen molar-refractivity contribution < 1.29 is 18.7 Å². The molecule has 0 saturated carbocycles. The number of hydrogen-bond donors (Lipinski definition) is 0. The first-order valence-corrected chi connectivity index (χ1v) is 11.4. The molecule has 1 aromatic carbocycles. The number of fused-ring (bicyclic) bond motifs is 1. The van der Waals surface area contributed by atoms with Gasteiger partial charge in [0.25, 0.3) is 5.91 Å². The monoisotopic (exact) mass is 467 g/mol. The summed E-state index contributed by atoms with van der Waals surface area (Å²) in [5.41, 5.74) is 4.54. The van der Waals surface area contributed by atoms with Crippen LogP contribution >= 0.6 is 0 Å². The van der Waals surface area contributed by atoms with Gasteiger partial charge in [-0.05, 0) is 56.0 Å². The molecular formula is C25H30FN5O3. The zero-order valence-corrected chi connectivity index (χ0v) is 20.3. The van der Waals surface area contributed by atoms with E-state index in [0.717, 1.165) is 27.9 Å². The quantitative estimate of drug-likeness (QED) is 0.576. The number of amides is 2. The molecule has 2 aromatic heterocycles. The normalized spacial score (nSPS) is 14.1. The van der Waals surface area contributed by atoms with Crippen LogP contribution in [0, 0.1) is 26.6 Å². The summed E-state index contributed by atoms with van der Waals surface area (Å²) < 4.78 is 21.0. The number of nitrogens with zero attached hydrogens (tertiary/aromatic N) is 5. The molecule has 3 heterocycles. The van der Waals surface area contributed by atoms with Gasteiger partial charge < -0.3 is 14.5 Å². The van der Waals surface area contributed by atoms with E-state index in [4.69, 9.17) is 4.74 Å². The summed E-state index contributed by atoms with van der Waals surface area (Å²) in [5, 5.41) is 5.25. The first-order chi connectivity index (χ1) is 16.2. The third-order valence-electron chi connectivity index (χ3n) is 6.64. The van der Waals surface area contributed by atoms with Gasteiger partial charge in [0, 0.05) is 50.9 Å². The molecule has 180 valence electrons. The lowest BCUT2D eigenvalue weighted by Gasteiger charge is -2.35. The maximum absolute atomic E-state index is 13.8. The Kier molecular flexibility index (Phi) is 6.54. The average Bonchev–Trinajstić information content (AvgIpc) is 3.15. The van der Waals surface area contributed by atoms with Gasteiger partial charge in [0.2, 0.25) is 11.8 Å². The van der Waals surface area contributed by atoms with Crippen molar-refractivity contribution in [3.05, 3.63) is 52.0 Å². The third-order valence-corrected chi connectivity index (χ3v) is 6.64. The van der Waals surface area contributed by atoms with E-state index in [2.05, 4.69) is 10.1 Å². The number of hydrogen-bond acceptors (Lipinski definition) is 5. The molecule has 1 fully saturated rings. The Morgan fingerprint density at radius 3 is 2.41 bits per heavy atom. The Labute approximate surface area is 198 Å². The second-order valence-corrected chi connectivity index (χ2v) is 8.77. The smallest absolute Gasteiger partial charge is 0.254 e. The minimum absolute atomic E-state index is 0.0468. The summed E-state index contributed by atoms with van der Waals surface area (Å²) >= 11 is 0. The van der Waals surface area contributed by atoms with Crippen LogP contribution in [0.15, 0.2) is 18.2 Å². The summed E-state index contributed by atoms with van der Waals surface area (Å²) in [6.45, 7) is 7.41. The van der Waals surface area contributed by atoms with Crippen LogP contribution in [0.25, 0.3) is 11.0 Å². The number of methoxy groups -OCH3 is 1. The summed E-state index contributed by atoms with van der Waals surface area (Å²) in [7, 11) is 3.42. The van der Waals surface area contributed by atoms with Crippen molar-refractivity contribution >= 4 is 22.8 Å². The summed E-state index contributed by atoms with van der Waals surface area (Å²) in [5.74, 6) is -0.0151. The Balaban J connectivity index is 1.39. The van der Waals surface area contributed by atoms with E-state index in [1.165, 1.54) is 6.07 Å². The zero-order valence-electron chi connectivity index (χ0n) is 20.3. The van der Waals surface area contributed by atoms with E-state index in [0.29, 0.717) is 56.0 Å². The van der Waals surface area contributed by atoms with Gasteiger partial charge in [-0.25, -0.2) is 14.1 Å². The van der Waals surface area contributed by atoms with Crippen LogP contribution in [0.2, 0.25) is 0 Å². The van der Waals surface area contributed by atoms with Crippen molar-refractivity contribution in [2.24, 2.45) is 7.05 Å². The molecule has 1 saturated heterocycles.